The smallest absolute Gasteiger partial charge is 0.238 e. The second-order valence-electron chi connectivity index (χ2n) is 3.72. The number of phenolic OH excluding ortho intramolecular Hbond substituents is 1. The maximum absolute atomic E-state index is 11.1. The minimum Gasteiger partial charge on any atom is -0.508 e. The lowest BCUT2D eigenvalue weighted by molar-refractivity contribution is 0.224. The van der Waals surface area contributed by atoms with Crippen LogP contribution in [0.5, 0.6) is 5.75 Å². The molecule has 0 amide bonds. The molecule has 0 aliphatic heterocycles. The fraction of sp³-hybridized carbons (Fsp3) is 0.0909. The Labute approximate surface area is 108 Å². The van der Waals surface area contributed by atoms with Gasteiger partial charge in [0.1, 0.15) is 11.9 Å². The van der Waals surface area contributed by atoms with Crippen LogP contribution >= 0.6 is 11.3 Å². The molecule has 2 aromatic rings. The lowest BCUT2D eigenvalue weighted by Gasteiger charge is -2.08. The Morgan fingerprint density at radius 1 is 1.22 bits per heavy atom. The summed E-state index contributed by atoms with van der Waals surface area (Å²) in [6, 6.07) is 7.38. The molecule has 1 atom stereocenters. The van der Waals surface area contributed by atoms with Crippen molar-refractivity contribution in [3.05, 3.63) is 46.2 Å². The molecule has 4 N–H and O–H groups in total. The Hall–Kier alpha value is -1.41. The Bertz CT molecular complexity index is 646. The number of aromatic hydroxyl groups is 1. The molecule has 0 saturated heterocycles. The zero-order valence-corrected chi connectivity index (χ0v) is 10.8. The third-order valence-electron chi connectivity index (χ3n) is 2.40. The standard InChI is InChI=1S/C11H11NO4S2/c12-18(15,16)9-5-10(17-6-9)11(14)7-1-3-8(13)4-2-7/h1-6,11,13-14H,(H2,12,15,16). The molecule has 0 fully saturated rings. The summed E-state index contributed by atoms with van der Waals surface area (Å²) >= 11 is 1.11. The van der Waals surface area contributed by atoms with E-state index >= 15 is 0 Å². The van der Waals surface area contributed by atoms with Crippen molar-refractivity contribution < 1.29 is 18.6 Å². The second kappa shape index (κ2) is 4.69. The summed E-state index contributed by atoms with van der Waals surface area (Å²) in [7, 11) is -3.75. The predicted octanol–water partition coefficient (Wildman–Crippen LogP) is 1.18. The van der Waals surface area contributed by atoms with E-state index in [-0.39, 0.29) is 10.6 Å². The van der Waals surface area contributed by atoms with Crippen LogP contribution in [-0.4, -0.2) is 18.6 Å². The molecule has 2 rings (SSSR count). The highest BCUT2D eigenvalue weighted by molar-refractivity contribution is 7.89. The summed E-state index contributed by atoms with van der Waals surface area (Å²) in [5, 5.41) is 25.6. The zero-order chi connectivity index (χ0) is 13.3. The molecule has 0 radical (unpaired) electrons. The van der Waals surface area contributed by atoms with E-state index < -0.39 is 16.1 Å². The molecule has 18 heavy (non-hydrogen) atoms. The number of hydrogen-bond acceptors (Lipinski definition) is 5. The highest BCUT2D eigenvalue weighted by Crippen LogP contribution is 2.29. The normalized spacial score (nSPS) is 13.4. The number of benzene rings is 1. The first-order valence-corrected chi connectivity index (χ1v) is 7.39. The van der Waals surface area contributed by atoms with E-state index in [0.29, 0.717) is 10.4 Å². The van der Waals surface area contributed by atoms with Crippen molar-refractivity contribution in [3.63, 3.8) is 0 Å². The van der Waals surface area contributed by atoms with Crippen molar-refractivity contribution >= 4 is 21.4 Å². The number of sulfonamides is 1. The van der Waals surface area contributed by atoms with E-state index in [1.54, 1.807) is 12.1 Å². The van der Waals surface area contributed by atoms with Crippen LogP contribution in [0.2, 0.25) is 0 Å². The van der Waals surface area contributed by atoms with Gasteiger partial charge in [0.05, 0.1) is 4.90 Å². The Morgan fingerprint density at radius 3 is 2.33 bits per heavy atom. The highest BCUT2D eigenvalue weighted by Gasteiger charge is 2.17. The summed E-state index contributed by atoms with van der Waals surface area (Å²) in [5.41, 5.74) is 0.565. The third kappa shape index (κ3) is 2.70. The van der Waals surface area contributed by atoms with E-state index in [1.165, 1.54) is 23.6 Å². The minimum absolute atomic E-state index is 0.0136. The van der Waals surface area contributed by atoms with Crippen molar-refractivity contribution in [2.75, 3.05) is 0 Å². The zero-order valence-electron chi connectivity index (χ0n) is 9.15. The van der Waals surface area contributed by atoms with Crippen LogP contribution in [0.3, 0.4) is 0 Å². The fourth-order valence-electron chi connectivity index (χ4n) is 1.45. The van der Waals surface area contributed by atoms with Crippen LogP contribution in [0, 0.1) is 0 Å². The lowest BCUT2D eigenvalue weighted by atomic mass is 10.1. The molecule has 96 valence electrons. The van der Waals surface area contributed by atoms with Crippen LogP contribution in [0.25, 0.3) is 0 Å². The number of phenols is 1. The van der Waals surface area contributed by atoms with Gasteiger partial charge in [-0.3, -0.25) is 0 Å². The van der Waals surface area contributed by atoms with Crippen LogP contribution in [0.1, 0.15) is 16.5 Å². The molecule has 1 aromatic carbocycles. The minimum atomic E-state index is -3.75. The summed E-state index contributed by atoms with van der Waals surface area (Å²) in [5.74, 6) is 0.0994. The molecule has 5 nitrogen and oxygen atoms in total. The number of thiophene rings is 1. The maximum atomic E-state index is 11.1. The van der Waals surface area contributed by atoms with Crippen molar-refractivity contribution in [3.8, 4) is 5.75 Å². The maximum Gasteiger partial charge on any atom is 0.238 e. The molecular formula is C11H11NO4S2. The number of aliphatic hydroxyl groups is 1. The van der Waals surface area contributed by atoms with Gasteiger partial charge in [-0.05, 0) is 23.8 Å². The summed E-state index contributed by atoms with van der Waals surface area (Å²) < 4.78 is 22.2. The molecule has 0 aliphatic carbocycles. The number of nitrogens with two attached hydrogens (primary N) is 1. The quantitative estimate of drug-likeness (QED) is 0.788. The third-order valence-corrected chi connectivity index (χ3v) is 4.43. The molecule has 1 unspecified atom stereocenters. The van der Waals surface area contributed by atoms with Gasteiger partial charge in [0.15, 0.2) is 0 Å². The van der Waals surface area contributed by atoms with Gasteiger partial charge in [-0.15, -0.1) is 11.3 Å². The van der Waals surface area contributed by atoms with Crippen molar-refractivity contribution in [1.29, 1.82) is 0 Å². The SMILES string of the molecule is NS(=O)(=O)c1csc(C(O)c2ccc(O)cc2)c1. The summed E-state index contributed by atoms with van der Waals surface area (Å²) in [4.78, 5) is 0.463. The van der Waals surface area contributed by atoms with Crippen molar-refractivity contribution in [2.45, 2.75) is 11.0 Å². The van der Waals surface area contributed by atoms with E-state index in [4.69, 9.17) is 10.2 Å². The Kier molecular flexibility index (Phi) is 3.40. The number of primary sulfonamides is 1. The van der Waals surface area contributed by atoms with E-state index in [2.05, 4.69) is 0 Å². The summed E-state index contributed by atoms with van der Waals surface area (Å²) in [6.45, 7) is 0. The van der Waals surface area contributed by atoms with Crippen LogP contribution in [0.15, 0.2) is 40.6 Å². The van der Waals surface area contributed by atoms with Gasteiger partial charge in [-0.25, -0.2) is 13.6 Å². The average Bonchev–Trinajstić information content (AvgIpc) is 2.78. The van der Waals surface area contributed by atoms with Gasteiger partial charge >= 0.3 is 0 Å². The van der Waals surface area contributed by atoms with E-state index in [1.807, 2.05) is 0 Å². The molecule has 0 bridgehead atoms. The van der Waals surface area contributed by atoms with Gasteiger partial charge < -0.3 is 10.2 Å². The van der Waals surface area contributed by atoms with E-state index in [9.17, 15) is 13.5 Å². The summed E-state index contributed by atoms with van der Waals surface area (Å²) in [6.07, 6.45) is -0.939. The van der Waals surface area contributed by atoms with Gasteiger partial charge in [0.2, 0.25) is 10.0 Å². The molecule has 7 heteroatoms. The van der Waals surface area contributed by atoms with E-state index in [0.717, 1.165) is 11.3 Å². The van der Waals surface area contributed by atoms with Crippen molar-refractivity contribution in [1.82, 2.24) is 0 Å². The number of hydrogen-bond donors (Lipinski definition) is 3. The topological polar surface area (TPSA) is 101 Å². The lowest BCUT2D eigenvalue weighted by Crippen LogP contribution is -2.10. The van der Waals surface area contributed by atoms with Crippen LogP contribution < -0.4 is 5.14 Å². The number of rotatable bonds is 3. The first-order valence-electron chi connectivity index (χ1n) is 4.96. The molecule has 0 saturated carbocycles. The molecule has 1 heterocycles. The van der Waals surface area contributed by atoms with Crippen molar-refractivity contribution in [2.24, 2.45) is 5.14 Å². The molecule has 0 aliphatic rings. The van der Waals surface area contributed by atoms with Crippen LogP contribution in [-0.2, 0) is 10.0 Å². The average molecular weight is 285 g/mol. The first kappa shape index (κ1) is 13.0. The van der Waals surface area contributed by atoms with Gasteiger partial charge in [-0.2, -0.15) is 0 Å². The second-order valence-corrected chi connectivity index (χ2v) is 6.23. The number of aliphatic hydroxyl groups excluding tert-OH is 1. The Morgan fingerprint density at radius 2 is 1.83 bits per heavy atom. The molecule has 0 spiro atoms. The van der Waals surface area contributed by atoms with Gasteiger partial charge in [0, 0.05) is 10.3 Å². The van der Waals surface area contributed by atoms with Crippen LogP contribution in [0.4, 0.5) is 0 Å². The molecule has 1 aromatic heterocycles. The first-order chi connectivity index (χ1) is 8.38. The predicted molar refractivity (Wildman–Crippen MR) is 67.9 cm³/mol. The Balaban J connectivity index is 2.32. The highest BCUT2D eigenvalue weighted by atomic mass is 32.2. The largest absolute Gasteiger partial charge is 0.508 e. The van der Waals surface area contributed by atoms with Gasteiger partial charge in [-0.1, -0.05) is 12.1 Å². The monoisotopic (exact) mass is 285 g/mol. The molecular weight excluding hydrogens is 274 g/mol. The fourth-order valence-corrected chi connectivity index (χ4v) is 3.27. The van der Waals surface area contributed by atoms with Gasteiger partial charge in [0.25, 0.3) is 0 Å².